The predicted octanol–water partition coefficient (Wildman–Crippen LogP) is 3.42. The van der Waals surface area contributed by atoms with Gasteiger partial charge in [0.2, 0.25) is 0 Å². The highest BCUT2D eigenvalue weighted by molar-refractivity contribution is 6.21. The second kappa shape index (κ2) is 4.38. The van der Waals surface area contributed by atoms with Crippen LogP contribution in [0.25, 0.3) is 0 Å². The molecule has 1 aromatic rings. The molecule has 86 valence electrons. The lowest BCUT2D eigenvalue weighted by Crippen LogP contribution is -2.33. The van der Waals surface area contributed by atoms with Crippen molar-refractivity contribution in [3.63, 3.8) is 0 Å². The van der Waals surface area contributed by atoms with E-state index in [1.165, 1.54) is 36.8 Å². The number of rotatable bonds is 2. The fourth-order valence-electron chi connectivity index (χ4n) is 3.09. The van der Waals surface area contributed by atoms with Crippen LogP contribution in [0.1, 0.15) is 42.9 Å². The maximum Gasteiger partial charge on any atom is 0.0571 e. The van der Waals surface area contributed by atoms with Crippen LogP contribution >= 0.6 is 11.6 Å². The Labute approximate surface area is 102 Å². The van der Waals surface area contributed by atoms with Gasteiger partial charge >= 0.3 is 0 Å². The van der Waals surface area contributed by atoms with Crippen LogP contribution in [0.15, 0.2) is 24.3 Å². The van der Waals surface area contributed by atoms with E-state index in [0.29, 0.717) is 12.1 Å². The van der Waals surface area contributed by atoms with Crippen LogP contribution in [-0.4, -0.2) is 11.4 Å². The first-order valence-corrected chi connectivity index (χ1v) is 6.76. The largest absolute Gasteiger partial charge is 0.306 e. The molecule has 2 atom stereocenters. The maximum atomic E-state index is 6.46. The lowest BCUT2D eigenvalue weighted by Gasteiger charge is -2.22. The van der Waals surface area contributed by atoms with Gasteiger partial charge in [-0.2, -0.15) is 0 Å². The molecule has 2 unspecified atom stereocenters. The summed E-state index contributed by atoms with van der Waals surface area (Å²) < 4.78 is 0. The van der Waals surface area contributed by atoms with Gasteiger partial charge in [-0.25, -0.2) is 0 Å². The second-order valence-electron chi connectivity index (χ2n) is 5.04. The zero-order chi connectivity index (χ0) is 11.0. The van der Waals surface area contributed by atoms with Gasteiger partial charge in [-0.05, 0) is 30.4 Å². The van der Waals surface area contributed by atoms with Crippen molar-refractivity contribution in [2.45, 2.75) is 49.6 Å². The van der Waals surface area contributed by atoms with Crippen LogP contribution in [0, 0.1) is 0 Å². The van der Waals surface area contributed by atoms with Crippen LogP contribution < -0.4 is 5.32 Å². The van der Waals surface area contributed by atoms with Gasteiger partial charge in [-0.3, -0.25) is 0 Å². The summed E-state index contributed by atoms with van der Waals surface area (Å²) in [5.41, 5.74) is 2.85. The third-order valence-corrected chi connectivity index (χ3v) is 4.34. The number of alkyl halides is 1. The zero-order valence-corrected chi connectivity index (χ0v) is 10.2. The van der Waals surface area contributed by atoms with E-state index in [2.05, 4.69) is 29.6 Å². The quantitative estimate of drug-likeness (QED) is 0.775. The molecule has 2 heteroatoms. The van der Waals surface area contributed by atoms with Crippen molar-refractivity contribution < 1.29 is 0 Å². The highest BCUT2D eigenvalue weighted by Gasteiger charge is 2.32. The normalized spacial score (nSPS) is 29.6. The van der Waals surface area contributed by atoms with E-state index >= 15 is 0 Å². The fraction of sp³-hybridized carbons (Fsp3) is 0.571. The fourth-order valence-corrected chi connectivity index (χ4v) is 3.46. The molecule has 16 heavy (non-hydrogen) atoms. The number of fused-ring (bicyclic) bond motifs is 1. The van der Waals surface area contributed by atoms with Crippen molar-refractivity contribution >= 4 is 11.6 Å². The molecular formula is C14H18ClN. The molecule has 0 aromatic heterocycles. The summed E-state index contributed by atoms with van der Waals surface area (Å²) >= 11 is 6.46. The Kier molecular flexibility index (Phi) is 2.91. The number of hydrogen-bond acceptors (Lipinski definition) is 1. The molecule has 0 saturated heterocycles. The monoisotopic (exact) mass is 235 g/mol. The van der Waals surface area contributed by atoms with Crippen molar-refractivity contribution in [1.82, 2.24) is 5.32 Å². The highest BCUT2D eigenvalue weighted by atomic mass is 35.5. The maximum absolute atomic E-state index is 6.46. The summed E-state index contributed by atoms with van der Waals surface area (Å²) in [6, 6.07) is 9.74. The van der Waals surface area contributed by atoms with Crippen LogP contribution in [-0.2, 0) is 6.42 Å². The van der Waals surface area contributed by atoms with E-state index in [1.807, 2.05) is 0 Å². The number of nitrogens with one attached hydrogen (secondary N) is 1. The van der Waals surface area contributed by atoms with Gasteiger partial charge in [0.05, 0.1) is 5.38 Å². The van der Waals surface area contributed by atoms with Gasteiger partial charge in [-0.15, -0.1) is 11.6 Å². The van der Waals surface area contributed by atoms with Gasteiger partial charge in [0.1, 0.15) is 0 Å². The van der Waals surface area contributed by atoms with Crippen molar-refractivity contribution in [2.24, 2.45) is 0 Å². The van der Waals surface area contributed by atoms with Crippen molar-refractivity contribution in [3.8, 4) is 0 Å². The minimum Gasteiger partial charge on any atom is -0.306 e. The van der Waals surface area contributed by atoms with Crippen LogP contribution in [0.2, 0.25) is 0 Å². The van der Waals surface area contributed by atoms with E-state index < -0.39 is 0 Å². The number of benzene rings is 1. The standard InChI is InChI=1S/C14H18ClN/c15-13-9-10-5-1-4-8-12(10)14(13)16-11-6-2-3-7-11/h1,4-5,8,11,13-14,16H,2-3,6-7,9H2. The summed E-state index contributed by atoms with van der Waals surface area (Å²) in [6.07, 6.45) is 6.41. The first-order valence-electron chi connectivity index (χ1n) is 6.32. The van der Waals surface area contributed by atoms with E-state index in [0.717, 1.165) is 6.42 Å². The Morgan fingerprint density at radius 3 is 2.69 bits per heavy atom. The van der Waals surface area contributed by atoms with Gasteiger partial charge in [0.25, 0.3) is 0 Å². The predicted molar refractivity (Wildman–Crippen MR) is 67.9 cm³/mol. The summed E-state index contributed by atoms with van der Waals surface area (Å²) in [4.78, 5) is 0. The van der Waals surface area contributed by atoms with E-state index in [4.69, 9.17) is 11.6 Å². The molecule has 1 N–H and O–H groups in total. The first kappa shape index (κ1) is 10.6. The molecule has 2 aliphatic carbocycles. The molecule has 3 rings (SSSR count). The van der Waals surface area contributed by atoms with Crippen LogP contribution in [0.3, 0.4) is 0 Å². The molecule has 2 aliphatic rings. The highest BCUT2D eigenvalue weighted by Crippen LogP contribution is 2.36. The molecule has 0 spiro atoms. The third-order valence-electron chi connectivity index (χ3n) is 3.94. The molecule has 0 heterocycles. The molecule has 0 amide bonds. The smallest absolute Gasteiger partial charge is 0.0571 e. The average molecular weight is 236 g/mol. The molecule has 1 nitrogen and oxygen atoms in total. The average Bonchev–Trinajstić information content (AvgIpc) is 2.89. The summed E-state index contributed by atoms with van der Waals surface area (Å²) in [5.74, 6) is 0. The molecule has 0 radical (unpaired) electrons. The summed E-state index contributed by atoms with van der Waals surface area (Å²) in [5, 5.41) is 3.99. The third kappa shape index (κ3) is 1.87. The molecule has 1 aromatic carbocycles. The Balaban J connectivity index is 1.79. The Morgan fingerprint density at radius 1 is 1.12 bits per heavy atom. The SMILES string of the molecule is ClC1Cc2ccccc2C1NC1CCCC1. The molecule has 1 saturated carbocycles. The van der Waals surface area contributed by atoms with Crippen LogP contribution in [0.4, 0.5) is 0 Å². The molecule has 0 bridgehead atoms. The van der Waals surface area contributed by atoms with Gasteiger partial charge in [-0.1, -0.05) is 37.1 Å². The van der Waals surface area contributed by atoms with Crippen molar-refractivity contribution in [1.29, 1.82) is 0 Å². The number of hydrogen-bond donors (Lipinski definition) is 1. The molecule has 1 fully saturated rings. The van der Waals surface area contributed by atoms with E-state index in [9.17, 15) is 0 Å². The lowest BCUT2D eigenvalue weighted by atomic mass is 10.1. The van der Waals surface area contributed by atoms with Crippen LogP contribution in [0.5, 0.6) is 0 Å². The minimum absolute atomic E-state index is 0.234. The second-order valence-corrected chi connectivity index (χ2v) is 5.61. The van der Waals surface area contributed by atoms with Crippen molar-refractivity contribution in [2.75, 3.05) is 0 Å². The number of halogens is 1. The lowest BCUT2D eigenvalue weighted by molar-refractivity contribution is 0.441. The Bertz CT molecular complexity index is 371. The van der Waals surface area contributed by atoms with Gasteiger partial charge in [0.15, 0.2) is 0 Å². The summed E-state index contributed by atoms with van der Waals surface area (Å²) in [6.45, 7) is 0. The van der Waals surface area contributed by atoms with Gasteiger partial charge in [0, 0.05) is 12.1 Å². The molecular weight excluding hydrogens is 218 g/mol. The molecule has 0 aliphatic heterocycles. The Morgan fingerprint density at radius 2 is 1.88 bits per heavy atom. The minimum atomic E-state index is 0.234. The zero-order valence-electron chi connectivity index (χ0n) is 9.45. The topological polar surface area (TPSA) is 12.0 Å². The van der Waals surface area contributed by atoms with Crippen molar-refractivity contribution in [3.05, 3.63) is 35.4 Å². The summed E-state index contributed by atoms with van der Waals surface area (Å²) in [7, 11) is 0. The first-order chi connectivity index (χ1) is 7.84. The van der Waals surface area contributed by atoms with Gasteiger partial charge < -0.3 is 5.32 Å². The van der Waals surface area contributed by atoms with E-state index in [1.54, 1.807) is 0 Å². The van der Waals surface area contributed by atoms with E-state index in [-0.39, 0.29) is 5.38 Å². The Hall–Kier alpha value is -0.530.